The molecule has 10 heteroatoms. The summed E-state index contributed by atoms with van der Waals surface area (Å²) in [6.45, 7) is 12.8. The molecule has 0 saturated carbocycles. The topological polar surface area (TPSA) is 128 Å². The molecule has 0 saturated heterocycles. The SMILES string of the molecule is C=CC(=C)/C(N=C)=C(/C(=O)NC(C)c1nc2cccc(C#Cc3cncs3)c2c(=O)n1-c1ccccc1)C(N)=NC. The number of hydrogen-bond acceptors (Lipinski definition) is 7. The number of benzene rings is 2. The number of nitrogens with two attached hydrogens (primary N) is 1. The Morgan fingerprint density at radius 1 is 1.20 bits per heavy atom. The zero-order valence-electron chi connectivity index (χ0n) is 22.6. The van der Waals surface area contributed by atoms with Gasteiger partial charge in [0.1, 0.15) is 17.2 Å². The van der Waals surface area contributed by atoms with E-state index in [1.807, 2.05) is 18.2 Å². The van der Waals surface area contributed by atoms with Crippen LogP contribution >= 0.6 is 11.3 Å². The molecule has 0 aliphatic carbocycles. The average molecular weight is 562 g/mol. The van der Waals surface area contributed by atoms with Gasteiger partial charge in [-0.15, -0.1) is 11.3 Å². The number of aliphatic imine (C=N–C) groups is 2. The van der Waals surface area contributed by atoms with E-state index < -0.39 is 11.9 Å². The minimum atomic E-state index is -0.755. The predicted octanol–water partition coefficient (Wildman–Crippen LogP) is 4.10. The van der Waals surface area contributed by atoms with Gasteiger partial charge in [-0.25, -0.2) is 4.98 Å². The first-order chi connectivity index (χ1) is 19.8. The van der Waals surface area contributed by atoms with E-state index in [4.69, 9.17) is 10.7 Å². The van der Waals surface area contributed by atoms with Crippen molar-refractivity contribution in [1.82, 2.24) is 19.9 Å². The van der Waals surface area contributed by atoms with Crippen LogP contribution in [0.5, 0.6) is 0 Å². The largest absolute Gasteiger partial charge is 0.383 e. The van der Waals surface area contributed by atoms with Crippen LogP contribution in [0.15, 0.2) is 111 Å². The summed E-state index contributed by atoms with van der Waals surface area (Å²) in [4.78, 5) is 45.3. The molecule has 4 rings (SSSR count). The van der Waals surface area contributed by atoms with Crippen LogP contribution in [-0.2, 0) is 4.79 Å². The molecular weight excluding hydrogens is 534 g/mol. The molecule has 0 aliphatic heterocycles. The number of amides is 1. The predicted molar refractivity (Wildman–Crippen MR) is 165 cm³/mol. The third kappa shape index (κ3) is 5.95. The Morgan fingerprint density at radius 3 is 2.59 bits per heavy atom. The number of allylic oxidation sites excluding steroid dienone is 1. The number of carbonyl (C=O) groups is 1. The van der Waals surface area contributed by atoms with Gasteiger partial charge in [0.2, 0.25) is 0 Å². The highest BCUT2D eigenvalue weighted by atomic mass is 32.1. The fourth-order valence-electron chi connectivity index (χ4n) is 4.10. The van der Waals surface area contributed by atoms with Gasteiger partial charge in [0, 0.05) is 12.6 Å². The van der Waals surface area contributed by atoms with E-state index in [1.54, 1.807) is 49.0 Å². The van der Waals surface area contributed by atoms with Crippen LogP contribution < -0.4 is 16.6 Å². The van der Waals surface area contributed by atoms with Crippen molar-refractivity contribution in [2.75, 3.05) is 7.05 Å². The van der Waals surface area contributed by atoms with Crippen molar-refractivity contribution in [2.45, 2.75) is 13.0 Å². The maximum atomic E-state index is 14.1. The van der Waals surface area contributed by atoms with Crippen molar-refractivity contribution >= 4 is 40.7 Å². The highest BCUT2D eigenvalue weighted by molar-refractivity contribution is 7.10. The fourth-order valence-corrected chi connectivity index (χ4v) is 4.57. The summed E-state index contributed by atoms with van der Waals surface area (Å²) in [6.07, 6.45) is 3.11. The van der Waals surface area contributed by atoms with E-state index in [2.05, 4.69) is 52.0 Å². The Balaban J connectivity index is 1.90. The van der Waals surface area contributed by atoms with Gasteiger partial charge >= 0.3 is 0 Å². The molecule has 0 fully saturated rings. The number of aromatic nitrogens is 3. The Labute approximate surface area is 241 Å². The first-order valence-corrected chi connectivity index (χ1v) is 13.3. The third-order valence-electron chi connectivity index (χ3n) is 6.10. The molecule has 1 unspecified atom stereocenters. The zero-order valence-corrected chi connectivity index (χ0v) is 23.4. The standard InChI is InChI=1S/C31H27N7O2S/c1-6-19(2)27(33-4)26(28(32)34-5)30(39)36-20(3)29-37-24-14-10-11-21(15-16-23-17-35-18-41-23)25(24)31(40)38(29)22-12-8-7-9-13-22/h6-14,17-18,20H,1-2,4H2,3,5H3,(H2,32,34)(H,36,39)/b27-26-. The normalized spacial score (nSPS) is 12.5. The van der Waals surface area contributed by atoms with Gasteiger partial charge in [-0.05, 0) is 49.4 Å². The Hall–Kier alpha value is -5.40. The van der Waals surface area contributed by atoms with Crippen LogP contribution in [0.2, 0.25) is 0 Å². The van der Waals surface area contributed by atoms with Crippen LogP contribution in [0.4, 0.5) is 0 Å². The number of nitrogens with zero attached hydrogens (tertiary/aromatic N) is 5. The fraction of sp³-hybridized carbons (Fsp3) is 0.0968. The molecular formula is C31H27N7O2S. The lowest BCUT2D eigenvalue weighted by atomic mass is 10.1. The van der Waals surface area contributed by atoms with Gasteiger partial charge in [-0.3, -0.25) is 29.1 Å². The number of fused-ring (bicyclic) bond motifs is 1. The minimum absolute atomic E-state index is 0.0192. The molecule has 0 aliphatic rings. The van der Waals surface area contributed by atoms with E-state index >= 15 is 0 Å². The number of amidine groups is 1. The molecule has 41 heavy (non-hydrogen) atoms. The number of para-hydroxylation sites is 1. The molecule has 0 spiro atoms. The summed E-state index contributed by atoms with van der Waals surface area (Å²) in [7, 11) is 1.46. The number of carbonyl (C=O) groups excluding carboxylic acids is 1. The Bertz CT molecular complexity index is 1840. The minimum Gasteiger partial charge on any atom is -0.383 e. The van der Waals surface area contributed by atoms with Crippen LogP contribution in [0.1, 0.15) is 29.2 Å². The third-order valence-corrected chi connectivity index (χ3v) is 6.78. The van der Waals surface area contributed by atoms with Gasteiger partial charge in [0.05, 0.1) is 44.9 Å². The number of thiazole rings is 1. The molecule has 1 amide bonds. The second-order valence-corrected chi connectivity index (χ2v) is 9.56. The van der Waals surface area contributed by atoms with Gasteiger partial charge in [0.25, 0.3) is 11.5 Å². The molecule has 2 aromatic carbocycles. The molecule has 1 atom stereocenters. The van der Waals surface area contributed by atoms with Crippen molar-refractivity contribution in [3.05, 3.63) is 123 Å². The molecule has 9 nitrogen and oxygen atoms in total. The summed E-state index contributed by atoms with van der Waals surface area (Å²) in [5.41, 5.74) is 9.47. The van der Waals surface area contributed by atoms with Crippen molar-refractivity contribution < 1.29 is 4.79 Å². The zero-order chi connectivity index (χ0) is 29.5. The maximum absolute atomic E-state index is 14.1. The summed E-state index contributed by atoms with van der Waals surface area (Å²) >= 11 is 1.41. The van der Waals surface area contributed by atoms with E-state index in [1.165, 1.54) is 29.0 Å². The average Bonchev–Trinajstić information content (AvgIpc) is 3.51. The van der Waals surface area contributed by atoms with Crippen LogP contribution in [-0.4, -0.2) is 40.0 Å². The number of rotatable bonds is 8. The lowest BCUT2D eigenvalue weighted by Crippen LogP contribution is -2.37. The molecule has 3 N–H and O–H groups in total. The molecule has 0 radical (unpaired) electrons. The second-order valence-electron chi connectivity index (χ2n) is 8.68. The monoisotopic (exact) mass is 561 g/mol. The van der Waals surface area contributed by atoms with E-state index in [9.17, 15) is 9.59 Å². The maximum Gasteiger partial charge on any atom is 0.267 e. The first-order valence-electron chi connectivity index (χ1n) is 12.4. The molecule has 2 aromatic heterocycles. The smallest absolute Gasteiger partial charge is 0.267 e. The van der Waals surface area contributed by atoms with Crippen LogP contribution in [0.25, 0.3) is 16.6 Å². The van der Waals surface area contributed by atoms with Gasteiger partial charge in [0.15, 0.2) is 0 Å². The van der Waals surface area contributed by atoms with E-state index in [-0.39, 0.29) is 22.7 Å². The quantitative estimate of drug-likeness (QED) is 0.110. The van der Waals surface area contributed by atoms with Crippen LogP contribution in [0, 0.1) is 11.8 Å². The summed E-state index contributed by atoms with van der Waals surface area (Å²) in [5, 5.41) is 3.25. The van der Waals surface area contributed by atoms with Crippen molar-refractivity contribution in [2.24, 2.45) is 15.7 Å². The van der Waals surface area contributed by atoms with Gasteiger partial charge < -0.3 is 11.1 Å². The van der Waals surface area contributed by atoms with Crippen molar-refractivity contribution in [1.29, 1.82) is 0 Å². The summed E-state index contributed by atoms with van der Waals surface area (Å²) < 4.78 is 1.47. The summed E-state index contributed by atoms with van der Waals surface area (Å²) in [5.74, 6) is 5.80. The van der Waals surface area contributed by atoms with Crippen molar-refractivity contribution in [3.8, 4) is 17.5 Å². The van der Waals surface area contributed by atoms with Gasteiger partial charge in [-0.1, -0.05) is 49.4 Å². The highest BCUT2D eigenvalue weighted by Gasteiger charge is 2.25. The first kappa shape index (κ1) is 28.6. The summed E-state index contributed by atoms with van der Waals surface area (Å²) in [6, 6.07) is 13.6. The molecule has 204 valence electrons. The lowest BCUT2D eigenvalue weighted by Gasteiger charge is -2.21. The molecule has 4 aromatic rings. The van der Waals surface area contributed by atoms with E-state index in [0.717, 1.165) is 4.88 Å². The number of hydrogen-bond donors (Lipinski definition) is 2. The Kier molecular flexibility index (Phi) is 8.82. The van der Waals surface area contributed by atoms with Gasteiger partial charge in [-0.2, -0.15) is 0 Å². The molecule has 2 heterocycles. The highest BCUT2D eigenvalue weighted by Crippen LogP contribution is 2.22. The second kappa shape index (κ2) is 12.6. The number of nitrogens with one attached hydrogen (secondary N) is 1. The molecule has 0 bridgehead atoms. The van der Waals surface area contributed by atoms with E-state index in [0.29, 0.717) is 33.6 Å². The van der Waals surface area contributed by atoms with Crippen LogP contribution in [0.3, 0.4) is 0 Å². The Morgan fingerprint density at radius 2 is 1.95 bits per heavy atom. The lowest BCUT2D eigenvalue weighted by molar-refractivity contribution is -0.117. The van der Waals surface area contributed by atoms with Crippen molar-refractivity contribution in [3.63, 3.8) is 0 Å².